The number of carbonyl (C=O) groups excluding carboxylic acids is 3. The van der Waals surface area contributed by atoms with Crippen LogP contribution in [0.15, 0.2) is 48.7 Å². The smallest absolute Gasteiger partial charge is 0.273 e. The van der Waals surface area contributed by atoms with Gasteiger partial charge in [0.05, 0.1) is 0 Å². The topological polar surface area (TPSA) is 119 Å². The molecule has 1 aromatic heterocycles. The molecule has 2 atom stereocenters. The molecule has 0 radical (unpaired) electrons. The van der Waals surface area contributed by atoms with Crippen molar-refractivity contribution in [2.45, 2.75) is 24.9 Å². The Hall–Kier alpha value is -3.22. The number of carbonyl (C=O) groups is 3. The van der Waals surface area contributed by atoms with Crippen LogP contribution in [0, 0.1) is 0 Å². The number of aromatic nitrogens is 1. The van der Waals surface area contributed by atoms with Gasteiger partial charge in [0.15, 0.2) is 0 Å². The van der Waals surface area contributed by atoms with Crippen LogP contribution >= 0.6 is 0 Å². The van der Waals surface area contributed by atoms with Crippen LogP contribution in [0.5, 0.6) is 0 Å². The third-order valence-electron chi connectivity index (χ3n) is 4.33. The number of primary amides is 2. The van der Waals surface area contributed by atoms with Gasteiger partial charge in [-0.3, -0.25) is 19.4 Å². The van der Waals surface area contributed by atoms with E-state index in [4.69, 9.17) is 11.5 Å². The molecule has 0 spiro atoms. The molecule has 0 saturated carbocycles. The monoisotopic (exact) mass is 338 g/mol. The van der Waals surface area contributed by atoms with E-state index in [1.165, 1.54) is 11.1 Å². The van der Waals surface area contributed by atoms with E-state index in [9.17, 15) is 14.4 Å². The maximum absolute atomic E-state index is 12.9. The quantitative estimate of drug-likeness (QED) is 0.827. The van der Waals surface area contributed by atoms with Crippen molar-refractivity contribution in [3.05, 3.63) is 65.5 Å². The third kappa shape index (κ3) is 3.21. The molecule has 128 valence electrons. The van der Waals surface area contributed by atoms with Crippen molar-refractivity contribution in [1.29, 1.82) is 0 Å². The van der Waals surface area contributed by atoms with E-state index in [-0.39, 0.29) is 24.6 Å². The summed E-state index contributed by atoms with van der Waals surface area (Å²) in [6.45, 7) is 0.193. The summed E-state index contributed by atoms with van der Waals surface area (Å²) in [6, 6.07) is 11.6. The van der Waals surface area contributed by atoms with Crippen molar-refractivity contribution in [3.8, 4) is 0 Å². The molecule has 3 amide bonds. The zero-order chi connectivity index (χ0) is 18.0. The summed E-state index contributed by atoms with van der Waals surface area (Å²) in [5, 5.41) is 0. The number of hydrogen-bond acceptors (Lipinski definition) is 4. The van der Waals surface area contributed by atoms with Gasteiger partial charge in [-0.2, -0.15) is 0 Å². The Morgan fingerprint density at radius 1 is 1.08 bits per heavy atom. The molecule has 2 aromatic rings. The Labute approximate surface area is 144 Å². The molecule has 0 unspecified atom stereocenters. The summed E-state index contributed by atoms with van der Waals surface area (Å²) >= 11 is 0. The molecule has 7 heteroatoms. The lowest BCUT2D eigenvalue weighted by atomic mass is 9.82. The van der Waals surface area contributed by atoms with Crippen molar-refractivity contribution in [3.63, 3.8) is 0 Å². The number of fused-ring (bicyclic) bond motifs is 1. The number of nitrogens with zero attached hydrogens (tertiary/aromatic N) is 2. The van der Waals surface area contributed by atoms with Crippen LogP contribution in [0.2, 0.25) is 0 Å². The highest BCUT2D eigenvalue weighted by Crippen LogP contribution is 2.35. The number of pyridine rings is 1. The third-order valence-corrected chi connectivity index (χ3v) is 4.33. The van der Waals surface area contributed by atoms with Crippen LogP contribution in [0.4, 0.5) is 0 Å². The standard InChI is InChI=1S/C18H18N4O3/c19-14(23)9-13-12-7-4-8-21-15(12)18(25)22(16(13)17(20)24)10-11-5-2-1-3-6-11/h1-8,13,16H,9-10H2,(H2,19,23)(H2,20,24)/t13-,16-/m0/s1. The van der Waals surface area contributed by atoms with Crippen LogP contribution < -0.4 is 11.5 Å². The number of amides is 3. The molecule has 25 heavy (non-hydrogen) atoms. The normalized spacial score (nSPS) is 19.4. The van der Waals surface area contributed by atoms with E-state index in [1.807, 2.05) is 30.3 Å². The van der Waals surface area contributed by atoms with Crippen LogP contribution in [0.1, 0.15) is 34.0 Å². The molecule has 4 N–H and O–H groups in total. The molecular weight excluding hydrogens is 320 g/mol. The molecule has 1 aliphatic rings. The SMILES string of the molecule is NC(=O)C[C@H]1c2cccnc2C(=O)N(Cc2ccccc2)[C@@H]1C(N)=O. The van der Waals surface area contributed by atoms with Gasteiger partial charge in [0.2, 0.25) is 11.8 Å². The Bertz CT molecular complexity index is 822. The van der Waals surface area contributed by atoms with Gasteiger partial charge in [-0.25, -0.2) is 0 Å². The van der Waals surface area contributed by atoms with E-state index in [2.05, 4.69) is 4.98 Å². The largest absolute Gasteiger partial charge is 0.370 e. The minimum Gasteiger partial charge on any atom is -0.370 e. The minimum absolute atomic E-state index is 0.0924. The number of nitrogens with two attached hydrogens (primary N) is 2. The molecular formula is C18H18N4O3. The first kappa shape index (κ1) is 16.6. The molecule has 0 fully saturated rings. The molecule has 0 aliphatic carbocycles. The summed E-state index contributed by atoms with van der Waals surface area (Å²) in [6.07, 6.45) is 1.41. The fourth-order valence-electron chi connectivity index (χ4n) is 3.29. The molecule has 2 heterocycles. The first-order chi connectivity index (χ1) is 12.0. The molecule has 0 bridgehead atoms. The second-order valence-electron chi connectivity index (χ2n) is 5.98. The lowest BCUT2D eigenvalue weighted by molar-refractivity contribution is -0.124. The van der Waals surface area contributed by atoms with Gasteiger partial charge in [-0.1, -0.05) is 36.4 Å². The highest BCUT2D eigenvalue weighted by molar-refractivity contribution is 6.00. The average molecular weight is 338 g/mol. The van der Waals surface area contributed by atoms with Crippen molar-refractivity contribution in [1.82, 2.24) is 9.88 Å². The molecule has 7 nitrogen and oxygen atoms in total. The maximum Gasteiger partial charge on any atom is 0.273 e. The molecule has 1 aromatic carbocycles. The predicted octanol–water partition coefficient (Wildman–Crippen LogP) is 0.551. The highest BCUT2D eigenvalue weighted by atomic mass is 16.2. The van der Waals surface area contributed by atoms with Gasteiger partial charge in [0.1, 0.15) is 11.7 Å². The van der Waals surface area contributed by atoms with E-state index in [1.54, 1.807) is 12.1 Å². The summed E-state index contributed by atoms with van der Waals surface area (Å²) in [5.41, 5.74) is 12.5. The van der Waals surface area contributed by atoms with E-state index < -0.39 is 23.8 Å². The van der Waals surface area contributed by atoms with E-state index >= 15 is 0 Å². The zero-order valence-electron chi connectivity index (χ0n) is 13.5. The Morgan fingerprint density at radius 3 is 2.44 bits per heavy atom. The number of hydrogen-bond donors (Lipinski definition) is 2. The van der Waals surface area contributed by atoms with E-state index in [0.717, 1.165) is 5.56 Å². The van der Waals surface area contributed by atoms with Crippen molar-refractivity contribution in [2.24, 2.45) is 11.5 Å². The second-order valence-corrected chi connectivity index (χ2v) is 5.98. The highest BCUT2D eigenvalue weighted by Gasteiger charge is 2.44. The van der Waals surface area contributed by atoms with Crippen molar-refractivity contribution in [2.75, 3.05) is 0 Å². The van der Waals surface area contributed by atoms with Crippen LogP contribution in [0.3, 0.4) is 0 Å². The van der Waals surface area contributed by atoms with Gasteiger partial charge < -0.3 is 16.4 Å². The van der Waals surface area contributed by atoms with Crippen LogP contribution in [-0.2, 0) is 16.1 Å². The van der Waals surface area contributed by atoms with Crippen molar-refractivity contribution < 1.29 is 14.4 Å². The Balaban J connectivity index is 2.08. The zero-order valence-corrected chi connectivity index (χ0v) is 13.5. The molecule has 0 saturated heterocycles. The van der Waals surface area contributed by atoms with Gasteiger partial charge in [-0.15, -0.1) is 0 Å². The van der Waals surface area contributed by atoms with Crippen LogP contribution in [-0.4, -0.2) is 33.6 Å². The summed E-state index contributed by atoms with van der Waals surface area (Å²) in [7, 11) is 0. The molecule has 3 rings (SSSR count). The lowest BCUT2D eigenvalue weighted by Gasteiger charge is -2.39. The van der Waals surface area contributed by atoms with Crippen molar-refractivity contribution >= 4 is 17.7 Å². The summed E-state index contributed by atoms with van der Waals surface area (Å²) in [4.78, 5) is 42.1. The Kier molecular flexibility index (Phi) is 4.47. The van der Waals surface area contributed by atoms with Crippen LogP contribution in [0.25, 0.3) is 0 Å². The molecule has 1 aliphatic heterocycles. The van der Waals surface area contributed by atoms with E-state index in [0.29, 0.717) is 5.56 Å². The Morgan fingerprint density at radius 2 is 1.80 bits per heavy atom. The average Bonchev–Trinajstić information content (AvgIpc) is 2.59. The lowest BCUT2D eigenvalue weighted by Crippen LogP contribution is -2.54. The van der Waals surface area contributed by atoms with Gasteiger partial charge in [0.25, 0.3) is 5.91 Å². The number of rotatable bonds is 5. The first-order valence-electron chi connectivity index (χ1n) is 7.86. The maximum atomic E-state index is 12.9. The van der Waals surface area contributed by atoms with Gasteiger partial charge >= 0.3 is 0 Å². The first-order valence-corrected chi connectivity index (χ1v) is 7.86. The summed E-state index contributed by atoms with van der Waals surface area (Å²) < 4.78 is 0. The summed E-state index contributed by atoms with van der Waals surface area (Å²) in [5.74, 6) is -2.24. The second kappa shape index (κ2) is 6.72. The minimum atomic E-state index is -0.961. The fourth-order valence-corrected chi connectivity index (χ4v) is 3.29. The number of benzene rings is 1. The van der Waals surface area contributed by atoms with Gasteiger partial charge in [0, 0.05) is 25.1 Å². The van der Waals surface area contributed by atoms with Gasteiger partial charge in [-0.05, 0) is 17.2 Å². The predicted molar refractivity (Wildman–Crippen MR) is 90.1 cm³/mol. The fraction of sp³-hybridized carbons (Fsp3) is 0.222.